The van der Waals surface area contributed by atoms with E-state index in [-0.39, 0.29) is 11.9 Å². The van der Waals surface area contributed by atoms with E-state index < -0.39 is 0 Å². The Morgan fingerprint density at radius 2 is 1.88 bits per heavy atom. The minimum absolute atomic E-state index is 0.162. The van der Waals surface area contributed by atoms with Crippen molar-refractivity contribution in [2.75, 3.05) is 0 Å². The Morgan fingerprint density at radius 1 is 1.12 bits per heavy atom. The molecule has 0 aromatic heterocycles. The Kier molecular flexibility index (Phi) is 2.36. The van der Waals surface area contributed by atoms with E-state index in [0.29, 0.717) is 12.3 Å². The third-order valence-corrected chi connectivity index (χ3v) is 3.62. The van der Waals surface area contributed by atoms with Gasteiger partial charge in [0.05, 0.1) is 0 Å². The predicted octanol–water partition coefficient (Wildman–Crippen LogP) is 2.83. The van der Waals surface area contributed by atoms with E-state index in [1.165, 1.54) is 16.3 Å². The molecule has 0 saturated carbocycles. The minimum atomic E-state index is 0.162. The number of carbonyl (C=O) groups is 1. The van der Waals surface area contributed by atoms with E-state index >= 15 is 0 Å². The Morgan fingerprint density at radius 3 is 2.65 bits per heavy atom. The molecule has 2 nitrogen and oxygen atoms in total. The van der Waals surface area contributed by atoms with Gasteiger partial charge in [-0.3, -0.25) is 4.79 Å². The van der Waals surface area contributed by atoms with Crippen LogP contribution in [0.25, 0.3) is 10.8 Å². The van der Waals surface area contributed by atoms with Crippen LogP contribution in [0.15, 0.2) is 42.5 Å². The molecule has 2 unspecified atom stereocenters. The van der Waals surface area contributed by atoms with Crippen LogP contribution >= 0.6 is 0 Å². The van der Waals surface area contributed by atoms with Crippen LogP contribution in [0.4, 0.5) is 0 Å². The summed E-state index contributed by atoms with van der Waals surface area (Å²) in [5.74, 6) is 0.462. The topological polar surface area (TPSA) is 29.1 Å². The van der Waals surface area contributed by atoms with E-state index in [0.717, 1.165) is 0 Å². The molecule has 0 bridgehead atoms. The lowest BCUT2D eigenvalue weighted by atomic mass is 9.89. The second-order valence-electron chi connectivity index (χ2n) is 4.74. The van der Waals surface area contributed by atoms with Crippen LogP contribution in [-0.2, 0) is 4.79 Å². The van der Waals surface area contributed by atoms with Gasteiger partial charge in [-0.1, -0.05) is 42.5 Å². The molecule has 1 aliphatic rings. The summed E-state index contributed by atoms with van der Waals surface area (Å²) in [5.41, 5.74) is 1.29. The van der Waals surface area contributed by atoms with Crippen LogP contribution in [0, 0.1) is 0 Å². The highest BCUT2D eigenvalue weighted by molar-refractivity contribution is 5.88. The fourth-order valence-electron chi connectivity index (χ4n) is 2.74. The summed E-state index contributed by atoms with van der Waals surface area (Å²) in [7, 11) is 0. The van der Waals surface area contributed by atoms with Gasteiger partial charge in [0.15, 0.2) is 0 Å². The first-order chi connectivity index (χ1) is 8.25. The van der Waals surface area contributed by atoms with Gasteiger partial charge in [-0.15, -0.1) is 0 Å². The molecule has 2 heteroatoms. The number of benzene rings is 2. The first-order valence-electron chi connectivity index (χ1n) is 6.03. The van der Waals surface area contributed by atoms with Crippen molar-refractivity contribution >= 4 is 16.7 Å². The minimum Gasteiger partial charge on any atom is -0.353 e. The van der Waals surface area contributed by atoms with Crippen LogP contribution in [0.1, 0.15) is 24.8 Å². The number of rotatable bonds is 1. The number of hydrogen-bond acceptors (Lipinski definition) is 1. The number of carbonyl (C=O) groups excluding carboxylic acids is 1. The lowest BCUT2D eigenvalue weighted by Crippen LogP contribution is -2.24. The van der Waals surface area contributed by atoms with Crippen molar-refractivity contribution in [2.45, 2.75) is 25.3 Å². The fourth-order valence-corrected chi connectivity index (χ4v) is 2.74. The number of amides is 1. The molecule has 1 N–H and O–H groups in total. The molecule has 1 aliphatic heterocycles. The summed E-state index contributed by atoms with van der Waals surface area (Å²) < 4.78 is 0. The van der Waals surface area contributed by atoms with Crippen LogP contribution in [0.5, 0.6) is 0 Å². The molecule has 3 rings (SSSR count). The maximum atomic E-state index is 11.5. The second-order valence-corrected chi connectivity index (χ2v) is 4.74. The molecule has 1 fully saturated rings. The Balaban J connectivity index is 2.14. The molecular weight excluding hydrogens is 210 g/mol. The van der Waals surface area contributed by atoms with E-state index in [9.17, 15) is 4.79 Å². The smallest absolute Gasteiger partial charge is 0.220 e. The van der Waals surface area contributed by atoms with E-state index in [2.05, 4.69) is 48.6 Å². The van der Waals surface area contributed by atoms with Crippen LogP contribution < -0.4 is 5.32 Å². The van der Waals surface area contributed by atoms with Crippen molar-refractivity contribution in [3.05, 3.63) is 48.0 Å². The zero-order valence-electron chi connectivity index (χ0n) is 9.81. The van der Waals surface area contributed by atoms with E-state index in [1.54, 1.807) is 0 Å². The summed E-state index contributed by atoms with van der Waals surface area (Å²) in [4.78, 5) is 11.5. The molecule has 2 aromatic rings. The van der Waals surface area contributed by atoms with Crippen LogP contribution in [0.2, 0.25) is 0 Å². The Labute approximate surface area is 101 Å². The van der Waals surface area contributed by atoms with Gasteiger partial charge >= 0.3 is 0 Å². The van der Waals surface area contributed by atoms with Gasteiger partial charge < -0.3 is 5.32 Å². The molecule has 0 radical (unpaired) electrons. The van der Waals surface area contributed by atoms with Crippen LogP contribution in [0.3, 0.4) is 0 Å². The highest BCUT2D eigenvalue weighted by Crippen LogP contribution is 2.33. The average Bonchev–Trinajstić information content (AvgIpc) is 2.68. The average molecular weight is 225 g/mol. The number of hydrogen-bond donors (Lipinski definition) is 1. The molecule has 1 saturated heterocycles. The van der Waals surface area contributed by atoms with Crippen molar-refractivity contribution in [3.63, 3.8) is 0 Å². The van der Waals surface area contributed by atoms with Gasteiger partial charge in [-0.2, -0.15) is 0 Å². The largest absolute Gasteiger partial charge is 0.353 e. The summed E-state index contributed by atoms with van der Waals surface area (Å²) in [6.07, 6.45) is 0.606. The number of nitrogens with one attached hydrogen (secondary N) is 1. The van der Waals surface area contributed by atoms with Gasteiger partial charge in [0.1, 0.15) is 0 Å². The number of fused-ring (bicyclic) bond motifs is 1. The molecule has 2 atom stereocenters. The lowest BCUT2D eigenvalue weighted by molar-refractivity contribution is -0.119. The highest BCUT2D eigenvalue weighted by atomic mass is 16.1. The standard InChI is InChI=1S/C15H15NO/c1-10-14(9-15(17)16-10)13-8-4-6-11-5-2-3-7-12(11)13/h2-8,10,14H,9H2,1H3,(H,16,17). The zero-order valence-corrected chi connectivity index (χ0v) is 9.81. The summed E-state index contributed by atoms with van der Waals surface area (Å²) in [5, 5.41) is 5.50. The van der Waals surface area contributed by atoms with Crippen molar-refractivity contribution in [1.82, 2.24) is 5.32 Å². The maximum absolute atomic E-state index is 11.5. The van der Waals surface area contributed by atoms with E-state index in [4.69, 9.17) is 0 Å². The molecule has 2 aromatic carbocycles. The molecule has 1 heterocycles. The van der Waals surface area contributed by atoms with Crippen molar-refractivity contribution in [2.24, 2.45) is 0 Å². The van der Waals surface area contributed by atoms with Gasteiger partial charge in [0, 0.05) is 18.4 Å². The molecule has 17 heavy (non-hydrogen) atoms. The predicted molar refractivity (Wildman–Crippen MR) is 68.9 cm³/mol. The van der Waals surface area contributed by atoms with Crippen molar-refractivity contribution < 1.29 is 4.79 Å². The highest BCUT2D eigenvalue weighted by Gasteiger charge is 2.30. The van der Waals surface area contributed by atoms with Gasteiger partial charge in [-0.05, 0) is 23.3 Å². The molecular formula is C15H15NO. The normalized spacial score (nSPS) is 23.9. The third-order valence-electron chi connectivity index (χ3n) is 3.62. The van der Waals surface area contributed by atoms with Gasteiger partial charge in [0.25, 0.3) is 0 Å². The molecule has 86 valence electrons. The first-order valence-corrected chi connectivity index (χ1v) is 6.03. The third kappa shape index (κ3) is 1.70. The van der Waals surface area contributed by atoms with Crippen molar-refractivity contribution in [3.8, 4) is 0 Å². The monoisotopic (exact) mass is 225 g/mol. The molecule has 1 amide bonds. The maximum Gasteiger partial charge on any atom is 0.220 e. The summed E-state index contributed by atoms with van der Waals surface area (Å²) in [6, 6.07) is 14.9. The van der Waals surface area contributed by atoms with Crippen LogP contribution in [-0.4, -0.2) is 11.9 Å². The van der Waals surface area contributed by atoms with Gasteiger partial charge in [0.2, 0.25) is 5.91 Å². The Hall–Kier alpha value is -1.83. The lowest BCUT2D eigenvalue weighted by Gasteiger charge is -2.16. The van der Waals surface area contributed by atoms with Crippen molar-refractivity contribution in [1.29, 1.82) is 0 Å². The first kappa shape index (κ1) is 10.3. The zero-order chi connectivity index (χ0) is 11.8. The fraction of sp³-hybridized carbons (Fsp3) is 0.267. The van der Waals surface area contributed by atoms with E-state index in [1.807, 2.05) is 6.07 Å². The molecule has 0 aliphatic carbocycles. The SMILES string of the molecule is CC1NC(=O)CC1c1cccc2ccccc12. The summed E-state index contributed by atoms with van der Waals surface area (Å²) >= 11 is 0. The summed E-state index contributed by atoms with van der Waals surface area (Å²) in [6.45, 7) is 2.08. The Bertz CT molecular complexity index is 571. The van der Waals surface area contributed by atoms with Gasteiger partial charge in [-0.25, -0.2) is 0 Å². The quantitative estimate of drug-likeness (QED) is 0.794. The second kappa shape index (κ2) is 3.88. The molecule has 0 spiro atoms.